The van der Waals surface area contributed by atoms with E-state index in [2.05, 4.69) is 15.9 Å². The molecule has 1 N–H and O–H groups in total. The number of ether oxygens (including phenoxy) is 1. The third kappa shape index (κ3) is 5.18. The van der Waals surface area contributed by atoms with Crippen LogP contribution in [-0.4, -0.2) is 18.4 Å². The van der Waals surface area contributed by atoms with Gasteiger partial charge in [-0.1, -0.05) is 22.0 Å². The first-order valence-corrected chi connectivity index (χ1v) is 7.77. The quantitative estimate of drug-likeness (QED) is 0.386. The molecule has 0 aliphatic heterocycles. The molecule has 1 rings (SSSR count). The Kier molecular flexibility index (Phi) is 7.00. The highest BCUT2D eigenvalue weighted by Crippen LogP contribution is 2.38. The van der Waals surface area contributed by atoms with Crippen LogP contribution < -0.4 is 0 Å². The second-order valence-corrected chi connectivity index (χ2v) is 5.70. The number of benzene rings is 1. The van der Waals surface area contributed by atoms with Crippen molar-refractivity contribution in [1.29, 1.82) is 5.41 Å². The summed E-state index contributed by atoms with van der Waals surface area (Å²) in [6, 6.07) is 3.96. The van der Waals surface area contributed by atoms with Crippen LogP contribution in [0.25, 0.3) is 0 Å². The molecular formula is C14H16BrClF3NO. The first-order valence-electron chi connectivity index (χ1n) is 6.45. The molecular weight excluding hydrogens is 371 g/mol. The van der Waals surface area contributed by atoms with Crippen molar-refractivity contribution in [2.24, 2.45) is 0 Å². The van der Waals surface area contributed by atoms with Crippen LogP contribution in [0, 0.1) is 5.41 Å². The van der Waals surface area contributed by atoms with Gasteiger partial charge in [0.2, 0.25) is 0 Å². The van der Waals surface area contributed by atoms with E-state index in [0.717, 1.165) is 6.07 Å². The van der Waals surface area contributed by atoms with Gasteiger partial charge in [-0.2, -0.15) is 13.2 Å². The molecule has 0 spiro atoms. The maximum absolute atomic E-state index is 13.2. The molecule has 0 saturated heterocycles. The highest BCUT2D eigenvalue weighted by atomic mass is 79.9. The topological polar surface area (TPSA) is 33.1 Å². The molecule has 2 nitrogen and oxygen atoms in total. The van der Waals surface area contributed by atoms with E-state index < -0.39 is 17.7 Å². The van der Waals surface area contributed by atoms with Gasteiger partial charge in [0.1, 0.15) is 0 Å². The zero-order valence-electron chi connectivity index (χ0n) is 11.4. The fourth-order valence-corrected chi connectivity index (χ4v) is 2.56. The number of alkyl halides is 4. The van der Waals surface area contributed by atoms with Crippen molar-refractivity contribution in [3.05, 3.63) is 33.8 Å². The molecule has 0 bridgehead atoms. The third-order valence-corrected chi connectivity index (χ3v) is 3.70. The van der Waals surface area contributed by atoms with Gasteiger partial charge in [0.25, 0.3) is 0 Å². The number of rotatable bonds is 6. The SMILES string of the molecule is CCOC(=N)C(CCCCl)c1ccc(Br)cc1C(F)(F)F. The van der Waals surface area contributed by atoms with E-state index >= 15 is 0 Å². The molecule has 7 heteroatoms. The highest BCUT2D eigenvalue weighted by Gasteiger charge is 2.36. The van der Waals surface area contributed by atoms with Crippen LogP contribution >= 0.6 is 27.5 Å². The van der Waals surface area contributed by atoms with Crippen LogP contribution in [0.4, 0.5) is 13.2 Å². The lowest BCUT2D eigenvalue weighted by Gasteiger charge is -2.22. The summed E-state index contributed by atoms with van der Waals surface area (Å²) in [5.41, 5.74) is -0.699. The second kappa shape index (κ2) is 8.03. The van der Waals surface area contributed by atoms with Crippen molar-refractivity contribution in [2.45, 2.75) is 31.9 Å². The molecule has 1 atom stereocenters. The molecule has 0 aromatic heterocycles. The van der Waals surface area contributed by atoms with Gasteiger partial charge in [-0.05, 0) is 37.5 Å². The first-order chi connectivity index (χ1) is 9.81. The predicted molar refractivity (Wildman–Crippen MR) is 81.2 cm³/mol. The molecule has 0 aliphatic rings. The Morgan fingerprint density at radius 2 is 2.10 bits per heavy atom. The van der Waals surface area contributed by atoms with Crippen molar-refractivity contribution in [1.82, 2.24) is 0 Å². The Labute approximate surface area is 135 Å². The van der Waals surface area contributed by atoms with Crippen LogP contribution in [-0.2, 0) is 10.9 Å². The van der Waals surface area contributed by atoms with Crippen LogP contribution in [0.3, 0.4) is 0 Å². The average Bonchev–Trinajstić information content (AvgIpc) is 2.39. The van der Waals surface area contributed by atoms with Crippen LogP contribution in [0.1, 0.15) is 36.8 Å². The van der Waals surface area contributed by atoms with Crippen molar-refractivity contribution < 1.29 is 17.9 Å². The Morgan fingerprint density at radius 3 is 2.62 bits per heavy atom. The summed E-state index contributed by atoms with van der Waals surface area (Å²) in [6.07, 6.45) is -3.63. The van der Waals surface area contributed by atoms with E-state index in [1.807, 2.05) is 0 Å². The number of halogens is 5. The zero-order valence-corrected chi connectivity index (χ0v) is 13.8. The van der Waals surface area contributed by atoms with Gasteiger partial charge in [0.15, 0.2) is 5.90 Å². The molecule has 21 heavy (non-hydrogen) atoms. The molecule has 1 aromatic rings. The smallest absolute Gasteiger partial charge is 0.416 e. The van der Waals surface area contributed by atoms with Gasteiger partial charge in [-0.3, -0.25) is 5.41 Å². The van der Waals surface area contributed by atoms with Gasteiger partial charge in [-0.15, -0.1) is 11.6 Å². The normalized spacial score (nSPS) is 13.0. The molecule has 0 heterocycles. The van der Waals surface area contributed by atoms with Crippen LogP contribution in [0.2, 0.25) is 0 Å². The van der Waals surface area contributed by atoms with E-state index in [1.165, 1.54) is 12.1 Å². The average molecular weight is 387 g/mol. The second-order valence-electron chi connectivity index (χ2n) is 4.41. The summed E-state index contributed by atoms with van der Waals surface area (Å²) < 4.78 is 45.1. The van der Waals surface area contributed by atoms with Gasteiger partial charge in [-0.25, -0.2) is 0 Å². The first kappa shape index (κ1) is 18.3. The van der Waals surface area contributed by atoms with Gasteiger partial charge >= 0.3 is 6.18 Å². The Morgan fingerprint density at radius 1 is 1.43 bits per heavy atom. The van der Waals surface area contributed by atoms with Crippen LogP contribution in [0.5, 0.6) is 0 Å². The Hall–Kier alpha value is -0.750. The van der Waals surface area contributed by atoms with Crippen molar-refractivity contribution >= 4 is 33.4 Å². The molecule has 1 unspecified atom stereocenters. The lowest BCUT2D eigenvalue weighted by molar-refractivity contribution is -0.138. The molecule has 0 saturated carbocycles. The molecule has 118 valence electrons. The number of nitrogens with one attached hydrogen (secondary N) is 1. The maximum atomic E-state index is 13.2. The summed E-state index contributed by atoms with van der Waals surface area (Å²) in [4.78, 5) is 0. The monoisotopic (exact) mass is 385 g/mol. The minimum Gasteiger partial charge on any atom is -0.481 e. The lowest BCUT2D eigenvalue weighted by atomic mass is 9.90. The number of hydrogen-bond donors (Lipinski definition) is 1. The van der Waals surface area contributed by atoms with E-state index in [0.29, 0.717) is 23.2 Å². The van der Waals surface area contributed by atoms with E-state index in [4.69, 9.17) is 21.7 Å². The molecule has 0 radical (unpaired) electrons. The predicted octanol–water partition coefficient (Wildman–Crippen LogP) is 5.58. The van der Waals surface area contributed by atoms with Crippen molar-refractivity contribution in [3.8, 4) is 0 Å². The molecule has 0 amide bonds. The Balaban J connectivity index is 3.26. The van der Waals surface area contributed by atoms with E-state index in [1.54, 1.807) is 6.92 Å². The summed E-state index contributed by atoms with van der Waals surface area (Å²) >= 11 is 8.68. The fourth-order valence-electron chi connectivity index (χ4n) is 2.04. The fraction of sp³-hybridized carbons (Fsp3) is 0.500. The van der Waals surface area contributed by atoms with E-state index in [9.17, 15) is 13.2 Å². The van der Waals surface area contributed by atoms with Gasteiger partial charge in [0, 0.05) is 10.4 Å². The summed E-state index contributed by atoms with van der Waals surface area (Å²) in [7, 11) is 0. The van der Waals surface area contributed by atoms with Crippen molar-refractivity contribution in [3.63, 3.8) is 0 Å². The maximum Gasteiger partial charge on any atom is 0.416 e. The minimum atomic E-state index is -4.48. The van der Waals surface area contributed by atoms with Crippen molar-refractivity contribution in [2.75, 3.05) is 12.5 Å². The summed E-state index contributed by atoms with van der Waals surface area (Å²) in [5, 5.41) is 7.87. The van der Waals surface area contributed by atoms with Crippen LogP contribution in [0.15, 0.2) is 22.7 Å². The summed E-state index contributed by atoms with van der Waals surface area (Å²) in [5.74, 6) is -0.572. The zero-order chi connectivity index (χ0) is 16.0. The highest BCUT2D eigenvalue weighted by molar-refractivity contribution is 9.10. The molecule has 0 aliphatic carbocycles. The molecule has 1 aromatic carbocycles. The number of hydrogen-bond acceptors (Lipinski definition) is 2. The molecule has 0 fully saturated rings. The largest absolute Gasteiger partial charge is 0.481 e. The van der Waals surface area contributed by atoms with Gasteiger partial charge in [0.05, 0.1) is 18.1 Å². The minimum absolute atomic E-state index is 0.0502. The summed E-state index contributed by atoms with van der Waals surface area (Å²) in [6.45, 7) is 1.94. The van der Waals surface area contributed by atoms with E-state index in [-0.39, 0.29) is 18.1 Å². The Bertz CT molecular complexity index is 494. The third-order valence-electron chi connectivity index (χ3n) is 2.94. The standard InChI is InChI=1S/C14H16BrClF3NO/c1-2-21-13(20)11(4-3-7-16)10-6-5-9(15)8-12(10)14(17,18)19/h5-6,8,11,20H,2-4,7H2,1H3. The lowest BCUT2D eigenvalue weighted by Crippen LogP contribution is -2.20. The van der Waals surface area contributed by atoms with Gasteiger partial charge < -0.3 is 4.74 Å².